The van der Waals surface area contributed by atoms with E-state index in [1.54, 1.807) is 0 Å². The van der Waals surface area contributed by atoms with Crippen LogP contribution in [0.4, 0.5) is 0 Å². The number of nitrogens with one attached hydrogen (secondary N) is 1. The van der Waals surface area contributed by atoms with Gasteiger partial charge in [0.1, 0.15) is 0 Å². The molecule has 0 heterocycles. The average molecular weight is 329 g/mol. The normalized spacial score (nSPS) is 10.6. The van der Waals surface area contributed by atoms with Crippen LogP contribution in [0.25, 0.3) is 11.1 Å². The number of rotatable bonds is 7. The van der Waals surface area contributed by atoms with Crippen LogP contribution in [-0.4, -0.2) is 12.3 Å². The maximum Gasteiger partial charge on any atom is 0.193 e. The van der Waals surface area contributed by atoms with E-state index in [1.165, 1.54) is 5.56 Å². The molecule has 0 spiro atoms. The zero-order chi connectivity index (χ0) is 17.5. The summed E-state index contributed by atoms with van der Waals surface area (Å²) in [5.74, 6) is 0.0597. The molecule has 1 N–H and O–H groups in total. The van der Waals surface area contributed by atoms with Gasteiger partial charge in [-0.15, -0.1) is 0 Å². The summed E-state index contributed by atoms with van der Waals surface area (Å²) in [5.41, 5.74) is 5.01. The highest BCUT2D eigenvalue weighted by Crippen LogP contribution is 2.21. The lowest BCUT2D eigenvalue weighted by Gasteiger charge is -2.07. The monoisotopic (exact) mass is 329 g/mol. The smallest absolute Gasteiger partial charge is 0.193 e. The lowest BCUT2D eigenvalue weighted by atomic mass is 9.99. The van der Waals surface area contributed by atoms with Gasteiger partial charge in [-0.2, -0.15) is 0 Å². The number of hydrogen-bond acceptors (Lipinski definition) is 2. The molecule has 0 fully saturated rings. The Morgan fingerprint density at radius 1 is 0.760 bits per heavy atom. The van der Waals surface area contributed by atoms with Crippen molar-refractivity contribution in [3.63, 3.8) is 0 Å². The molecule has 0 amide bonds. The van der Waals surface area contributed by atoms with Crippen molar-refractivity contribution < 1.29 is 4.79 Å². The summed E-state index contributed by atoms with van der Waals surface area (Å²) in [6, 6.07) is 25.8. The van der Waals surface area contributed by atoms with Crippen LogP contribution in [0, 0.1) is 0 Å². The Hall–Kier alpha value is -2.71. The van der Waals surface area contributed by atoms with Gasteiger partial charge in [0.05, 0.1) is 0 Å². The van der Waals surface area contributed by atoms with Crippen molar-refractivity contribution in [1.82, 2.24) is 5.32 Å². The quantitative estimate of drug-likeness (QED) is 0.483. The van der Waals surface area contributed by atoms with E-state index in [-0.39, 0.29) is 5.78 Å². The largest absolute Gasteiger partial charge is 0.313 e. The molecule has 2 heteroatoms. The molecule has 3 aromatic carbocycles. The van der Waals surface area contributed by atoms with Gasteiger partial charge in [-0.3, -0.25) is 4.79 Å². The summed E-state index contributed by atoms with van der Waals surface area (Å²) < 4.78 is 0. The summed E-state index contributed by atoms with van der Waals surface area (Å²) in [4.78, 5) is 12.5. The molecular formula is C23H23NO. The molecule has 0 aliphatic heterocycles. The predicted octanol–water partition coefficient (Wildman–Crippen LogP) is 5.08. The van der Waals surface area contributed by atoms with Crippen LogP contribution in [-0.2, 0) is 6.54 Å². The zero-order valence-corrected chi connectivity index (χ0v) is 14.5. The van der Waals surface area contributed by atoms with Crippen LogP contribution in [0.3, 0.4) is 0 Å². The van der Waals surface area contributed by atoms with Gasteiger partial charge in [0.15, 0.2) is 5.78 Å². The second-order valence-electron chi connectivity index (χ2n) is 6.15. The summed E-state index contributed by atoms with van der Waals surface area (Å²) in [6.07, 6.45) is 1.14. The van der Waals surface area contributed by atoms with E-state index in [4.69, 9.17) is 0 Å². The molecule has 25 heavy (non-hydrogen) atoms. The molecule has 0 aliphatic carbocycles. The molecule has 0 radical (unpaired) electrons. The maximum atomic E-state index is 12.5. The zero-order valence-electron chi connectivity index (χ0n) is 14.5. The van der Waals surface area contributed by atoms with Gasteiger partial charge in [-0.25, -0.2) is 0 Å². The lowest BCUT2D eigenvalue weighted by molar-refractivity contribution is 0.103. The Labute approximate surface area is 149 Å². The molecule has 0 saturated carbocycles. The standard InChI is InChI=1S/C23H23NO/c1-2-16-24-17-18-8-10-19(11-9-18)20-12-14-22(15-13-20)23(25)21-6-4-3-5-7-21/h3-15,24H,2,16-17H2,1H3. The molecule has 3 rings (SSSR count). The number of carbonyl (C=O) groups is 1. The van der Waals surface area contributed by atoms with Crippen LogP contribution >= 0.6 is 0 Å². The van der Waals surface area contributed by atoms with E-state index < -0.39 is 0 Å². The minimum atomic E-state index is 0.0597. The third-order valence-corrected chi connectivity index (χ3v) is 4.23. The van der Waals surface area contributed by atoms with Crippen LogP contribution in [0.5, 0.6) is 0 Å². The van der Waals surface area contributed by atoms with Crippen molar-refractivity contribution in [2.75, 3.05) is 6.54 Å². The van der Waals surface area contributed by atoms with Crippen molar-refractivity contribution in [1.29, 1.82) is 0 Å². The molecule has 0 bridgehead atoms. The third-order valence-electron chi connectivity index (χ3n) is 4.23. The Bertz CT molecular complexity index is 805. The summed E-state index contributed by atoms with van der Waals surface area (Å²) in [6.45, 7) is 4.11. The van der Waals surface area contributed by atoms with Crippen molar-refractivity contribution in [3.05, 3.63) is 95.6 Å². The molecule has 0 saturated heterocycles. The van der Waals surface area contributed by atoms with E-state index in [9.17, 15) is 4.79 Å². The fraction of sp³-hybridized carbons (Fsp3) is 0.174. The minimum Gasteiger partial charge on any atom is -0.313 e. The van der Waals surface area contributed by atoms with Gasteiger partial charge < -0.3 is 5.32 Å². The lowest BCUT2D eigenvalue weighted by Crippen LogP contribution is -2.13. The first-order valence-electron chi connectivity index (χ1n) is 8.78. The topological polar surface area (TPSA) is 29.1 Å². The van der Waals surface area contributed by atoms with Crippen LogP contribution in [0.2, 0.25) is 0 Å². The highest BCUT2D eigenvalue weighted by atomic mass is 16.1. The Kier molecular flexibility index (Phi) is 5.76. The number of ketones is 1. The van der Waals surface area contributed by atoms with E-state index in [2.05, 4.69) is 36.5 Å². The van der Waals surface area contributed by atoms with Crippen LogP contribution in [0.1, 0.15) is 34.8 Å². The first-order chi connectivity index (χ1) is 12.3. The second-order valence-corrected chi connectivity index (χ2v) is 6.15. The van der Waals surface area contributed by atoms with Crippen LogP contribution < -0.4 is 5.32 Å². The maximum absolute atomic E-state index is 12.5. The van der Waals surface area contributed by atoms with E-state index >= 15 is 0 Å². The molecule has 126 valence electrons. The second kappa shape index (κ2) is 8.41. The Morgan fingerprint density at radius 3 is 1.92 bits per heavy atom. The molecule has 0 aromatic heterocycles. The molecule has 0 unspecified atom stereocenters. The Balaban J connectivity index is 1.71. The van der Waals surface area contributed by atoms with E-state index in [0.717, 1.165) is 41.8 Å². The van der Waals surface area contributed by atoms with Crippen LogP contribution in [0.15, 0.2) is 78.9 Å². The van der Waals surface area contributed by atoms with Gasteiger partial charge in [0, 0.05) is 17.7 Å². The van der Waals surface area contributed by atoms with E-state index in [0.29, 0.717) is 0 Å². The first-order valence-corrected chi connectivity index (χ1v) is 8.78. The molecular weight excluding hydrogens is 306 g/mol. The van der Waals surface area contributed by atoms with Crippen molar-refractivity contribution in [2.24, 2.45) is 0 Å². The van der Waals surface area contributed by atoms with Gasteiger partial charge in [0.2, 0.25) is 0 Å². The first kappa shape index (κ1) is 17.1. The number of hydrogen-bond donors (Lipinski definition) is 1. The average Bonchev–Trinajstić information content (AvgIpc) is 2.69. The summed E-state index contributed by atoms with van der Waals surface area (Å²) in [7, 11) is 0. The molecule has 0 atom stereocenters. The van der Waals surface area contributed by atoms with Gasteiger partial charge in [0.25, 0.3) is 0 Å². The third kappa shape index (κ3) is 4.43. The number of benzene rings is 3. The van der Waals surface area contributed by atoms with Crippen molar-refractivity contribution in [2.45, 2.75) is 19.9 Å². The van der Waals surface area contributed by atoms with Gasteiger partial charge in [-0.05, 0) is 29.7 Å². The predicted molar refractivity (Wildman–Crippen MR) is 104 cm³/mol. The summed E-state index contributed by atoms with van der Waals surface area (Å²) in [5, 5.41) is 3.41. The number of carbonyl (C=O) groups excluding carboxylic acids is 1. The molecule has 3 aromatic rings. The minimum absolute atomic E-state index is 0.0597. The summed E-state index contributed by atoms with van der Waals surface area (Å²) >= 11 is 0. The Morgan fingerprint density at radius 2 is 1.32 bits per heavy atom. The van der Waals surface area contributed by atoms with Crippen molar-refractivity contribution in [3.8, 4) is 11.1 Å². The highest BCUT2D eigenvalue weighted by molar-refractivity contribution is 6.09. The van der Waals surface area contributed by atoms with Crippen molar-refractivity contribution >= 4 is 5.78 Å². The fourth-order valence-corrected chi connectivity index (χ4v) is 2.79. The molecule has 0 aliphatic rings. The highest BCUT2D eigenvalue weighted by Gasteiger charge is 2.08. The van der Waals surface area contributed by atoms with Gasteiger partial charge >= 0.3 is 0 Å². The molecule has 2 nitrogen and oxygen atoms in total. The SMILES string of the molecule is CCCNCc1ccc(-c2ccc(C(=O)c3ccccc3)cc2)cc1. The fourth-order valence-electron chi connectivity index (χ4n) is 2.79. The van der Waals surface area contributed by atoms with E-state index in [1.807, 2.05) is 54.6 Å². The van der Waals surface area contributed by atoms with Gasteiger partial charge in [-0.1, -0.05) is 85.8 Å².